The first-order valence-corrected chi connectivity index (χ1v) is 12.3. The average Bonchev–Trinajstić information content (AvgIpc) is 3.23. The molecule has 0 saturated carbocycles. The summed E-state index contributed by atoms with van der Waals surface area (Å²) < 4.78 is 2.91. The second-order valence-corrected chi connectivity index (χ2v) is 9.47. The van der Waals surface area contributed by atoms with Crippen LogP contribution in [0.5, 0.6) is 0 Å². The van der Waals surface area contributed by atoms with E-state index in [2.05, 4.69) is 68.0 Å². The molecular formula is C25H24BrN5OS. The van der Waals surface area contributed by atoms with Crippen molar-refractivity contribution in [3.05, 3.63) is 100 Å². The third-order valence-electron chi connectivity index (χ3n) is 4.98. The second kappa shape index (κ2) is 10.7. The maximum Gasteiger partial charge on any atom is 0.319 e. The van der Waals surface area contributed by atoms with Gasteiger partial charge in [-0.05, 0) is 49.7 Å². The number of halogens is 1. The molecule has 168 valence electrons. The van der Waals surface area contributed by atoms with Crippen molar-refractivity contribution in [2.45, 2.75) is 30.8 Å². The third kappa shape index (κ3) is 6.03. The number of rotatable bonds is 7. The number of carbonyl (C=O) groups is 1. The van der Waals surface area contributed by atoms with Gasteiger partial charge in [0.25, 0.3) is 0 Å². The van der Waals surface area contributed by atoms with E-state index in [-0.39, 0.29) is 12.1 Å². The molecule has 0 saturated heterocycles. The summed E-state index contributed by atoms with van der Waals surface area (Å²) in [6.07, 6.45) is 0. The molecule has 3 aromatic carbocycles. The van der Waals surface area contributed by atoms with Crippen molar-refractivity contribution in [1.29, 1.82) is 0 Å². The molecule has 2 N–H and O–H groups in total. The van der Waals surface area contributed by atoms with E-state index in [1.165, 1.54) is 11.1 Å². The Kier molecular flexibility index (Phi) is 7.47. The number of aromatic nitrogens is 3. The van der Waals surface area contributed by atoms with Crippen LogP contribution >= 0.6 is 27.7 Å². The normalized spacial score (nSPS) is 11.7. The van der Waals surface area contributed by atoms with Crippen molar-refractivity contribution in [3.63, 3.8) is 0 Å². The van der Waals surface area contributed by atoms with Gasteiger partial charge in [-0.1, -0.05) is 81.8 Å². The van der Waals surface area contributed by atoms with E-state index in [0.717, 1.165) is 21.1 Å². The zero-order valence-electron chi connectivity index (χ0n) is 18.3. The number of nitrogens with zero attached hydrogens (tertiary/aromatic N) is 3. The van der Waals surface area contributed by atoms with Crippen LogP contribution in [0.2, 0.25) is 0 Å². The van der Waals surface area contributed by atoms with Crippen molar-refractivity contribution in [2.24, 2.45) is 0 Å². The minimum Gasteiger partial charge on any atom is -0.328 e. The molecule has 1 aromatic heterocycles. The standard InChI is InChI=1S/C25H24BrN5OS/c1-17-11-13-22(14-12-17)31-23(29-30-25(31)33-16-19-7-4-3-5-8-19)18(2)27-24(32)28-21-10-6-9-20(26)15-21/h3-15,18H,16H2,1-2H3,(H2,27,28,32). The van der Waals surface area contributed by atoms with Crippen LogP contribution in [-0.4, -0.2) is 20.8 Å². The molecule has 0 aliphatic rings. The third-order valence-corrected chi connectivity index (χ3v) is 6.47. The number of aryl methyl sites for hydroxylation is 1. The molecule has 1 unspecified atom stereocenters. The van der Waals surface area contributed by atoms with Crippen LogP contribution in [0.3, 0.4) is 0 Å². The summed E-state index contributed by atoms with van der Waals surface area (Å²) in [4.78, 5) is 12.6. The minimum absolute atomic E-state index is 0.308. The highest BCUT2D eigenvalue weighted by atomic mass is 79.9. The van der Waals surface area contributed by atoms with Crippen molar-refractivity contribution < 1.29 is 4.79 Å². The lowest BCUT2D eigenvalue weighted by Gasteiger charge is -2.17. The number of hydrogen-bond acceptors (Lipinski definition) is 4. The minimum atomic E-state index is -0.364. The molecule has 6 nitrogen and oxygen atoms in total. The van der Waals surface area contributed by atoms with Crippen molar-refractivity contribution >= 4 is 39.4 Å². The van der Waals surface area contributed by atoms with Gasteiger partial charge in [-0.15, -0.1) is 10.2 Å². The van der Waals surface area contributed by atoms with Crippen LogP contribution in [0.1, 0.15) is 29.9 Å². The lowest BCUT2D eigenvalue weighted by molar-refractivity contribution is 0.249. The number of carbonyl (C=O) groups excluding carboxylic acids is 1. The number of urea groups is 1. The molecule has 0 fully saturated rings. The second-order valence-electron chi connectivity index (χ2n) is 7.62. The highest BCUT2D eigenvalue weighted by molar-refractivity contribution is 9.10. The molecule has 1 heterocycles. The van der Waals surface area contributed by atoms with Gasteiger partial charge in [0.2, 0.25) is 0 Å². The fourth-order valence-electron chi connectivity index (χ4n) is 3.31. The van der Waals surface area contributed by atoms with Crippen molar-refractivity contribution in [2.75, 3.05) is 5.32 Å². The molecule has 33 heavy (non-hydrogen) atoms. The van der Waals surface area contributed by atoms with Gasteiger partial charge in [0, 0.05) is 21.6 Å². The summed E-state index contributed by atoms with van der Waals surface area (Å²) in [6, 6.07) is 25.2. The van der Waals surface area contributed by atoms with E-state index >= 15 is 0 Å². The van der Waals surface area contributed by atoms with Crippen LogP contribution in [0.4, 0.5) is 10.5 Å². The van der Waals surface area contributed by atoms with Gasteiger partial charge in [-0.3, -0.25) is 4.57 Å². The smallest absolute Gasteiger partial charge is 0.319 e. The fourth-order valence-corrected chi connectivity index (χ4v) is 4.62. The molecule has 4 rings (SSSR count). The summed E-state index contributed by atoms with van der Waals surface area (Å²) in [5.41, 5.74) is 4.04. The van der Waals surface area contributed by atoms with E-state index in [9.17, 15) is 4.79 Å². The van der Waals surface area contributed by atoms with Gasteiger partial charge < -0.3 is 10.6 Å². The molecule has 4 aromatic rings. The summed E-state index contributed by atoms with van der Waals surface area (Å²) in [7, 11) is 0. The number of hydrogen-bond donors (Lipinski definition) is 2. The molecule has 0 radical (unpaired) electrons. The number of benzene rings is 3. The molecule has 0 aliphatic carbocycles. The summed E-state index contributed by atoms with van der Waals surface area (Å²) in [5.74, 6) is 1.44. The Morgan fingerprint density at radius 3 is 2.52 bits per heavy atom. The lowest BCUT2D eigenvalue weighted by atomic mass is 10.2. The van der Waals surface area contributed by atoms with E-state index in [1.54, 1.807) is 11.8 Å². The summed E-state index contributed by atoms with van der Waals surface area (Å²) >= 11 is 5.04. The van der Waals surface area contributed by atoms with E-state index in [1.807, 2.05) is 66.1 Å². The predicted octanol–water partition coefficient (Wildman–Crippen LogP) is 6.51. The van der Waals surface area contributed by atoms with E-state index in [4.69, 9.17) is 0 Å². The first-order chi connectivity index (χ1) is 16.0. The number of amides is 2. The zero-order valence-corrected chi connectivity index (χ0v) is 20.7. The van der Waals surface area contributed by atoms with Crippen molar-refractivity contribution in [1.82, 2.24) is 20.1 Å². The summed E-state index contributed by atoms with van der Waals surface area (Å²) in [5, 5.41) is 15.5. The first-order valence-electron chi connectivity index (χ1n) is 10.5. The Morgan fingerprint density at radius 1 is 1.03 bits per heavy atom. The SMILES string of the molecule is Cc1ccc(-n2c(SCc3ccccc3)nnc2C(C)NC(=O)Nc2cccc(Br)c2)cc1. The molecule has 0 spiro atoms. The van der Waals surface area contributed by atoms with Gasteiger partial charge in [0.1, 0.15) is 0 Å². The fraction of sp³-hybridized carbons (Fsp3) is 0.160. The van der Waals surface area contributed by atoms with E-state index in [0.29, 0.717) is 11.5 Å². The quantitative estimate of drug-likeness (QED) is 0.272. The largest absolute Gasteiger partial charge is 0.328 e. The molecule has 0 bridgehead atoms. The maximum absolute atomic E-state index is 12.6. The lowest BCUT2D eigenvalue weighted by Crippen LogP contribution is -2.32. The van der Waals surface area contributed by atoms with Crippen LogP contribution in [-0.2, 0) is 5.75 Å². The molecule has 0 aliphatic heterocycles. The number of anilines is 1. The van der Waals surface area contributed by atoms with Crippen LogP contribution in [0, 0.1) is 6.92 Å². The maximum atomic E-state index is 12.6. The topological polar surface area (TPSA) is 71.8 Å². The average molecular weight is 522 g/mol. The van der Waals surface area contributed by atoms with Crippen molar-refractivity contribution in [3.8, 4) is 5.69 Å². The Hall–Kier alpha value is -3.10. The Morgan fingerprint density at radius 2 is 1.79 bits per heavy atom. The van der Waals surface area contributed by atoms with E-state index < -0.39 is 0 Å². The number of thioether (sulfide) groups is 1. The zero-order chi connectivity index (χ0) is 23.2. The Bertz CT molecular complexity index is 1230. The Balaban J connectivity index is 1.56. The predicted molar refractivity (Wildman–Crippen MR) is 137 cm³/mol. The van der Waals surface area contributed by atoms with Crippen LogP contribution in [0.15, 0.2) is 88.5 Å². The monoisotopic (exact) mass is 521 g/mol. The Labute approximate surface area is 206 Å². The van der Waals surface area contributed by atoms with Gasteiger partial charge >= 0.3 is 6.03 Å². The van der Waals surface area contributed by atoms with Gasteiger partial charge in [0.05, 0.1) is 6.04 Å². The molecular weight excluding hydrogens is 498 g/mol. The van der Waals surface area contributed by atoms with Crippen LogP contribution < -0.4 is 10.6 Å². The highest BCUT2D eigenvalue weighted by Gasteiger charge is 2.21. The number of nitrogens with one attached hydrogen (secondary N) is 2. The summed E-state index contributed by atoms with van der Waals surface area (Å²) in [6.45, 7) is 3.96. The van der Waals surface area contributed by atoms with Crippen LogP contribution in [0.25, 0.3) is 5.69 Å². The van der Waals surface area contributed by atoms with Gasteiger partial charge in [-0.2, -0.15) is 0 Å². The highest BCUT2D eigenvalue weighted by Crippen LogP contribution is 2.28. The molecule has 2 amide bonds. The van der Waals surface area contributed by atoms with Gasteiger partial charge in [0.15, 0.2) is 11.0 Å². The van der Waals surface area contributed by atoms with Gasteiger partial charge in [-0.25, -0.2) is 4.79 Å². The first kappa shape index (κ1) is 23.1. The molecule has 8 heteroatoms. The molecule has 1 atom stereocenters.